The molecule has 4 bridgehead atoms. The lowest BCUT2D eigenvalue weighted by Crippen LogP contribution is -2.54. The van der Waals surface area contributed by atoms with Gasteiger partial charge < -0.3 is 9.94 Å². The molecule has 4 saturated carbocycles. The summed E-state index contributed by atoms with van der Waals surface area (Å²) in [6.45, 7) is 0. The van der Waals surface area contributed by atoms with Crippen LogP contribution in [-0.4, -0.2) is 24.0 Å². The lowest BCUT2D eigenvalue weighted by molar-refractivity contribution is -0.0348. The molecule has 14 heavy (non-hydrogen) atoms. The third-order valence-corrected chi connectivity index (χ3v) is 4.32. The highest BCUT2D eigenvalue weighted by molar-refractivity contribution is 5.91. The van der Waals surface area contributed by atoms with Crippen LogP contribution >= 0.6 is 0 Å². The van der Waals surface area contributed by atoms with Crippen LogP contribution in [0.1, 0.15) is 25.7 Å². The van der Waals surface area contributed by atoms with Crippen molar-refractivity contribution in [1.82, 2.24) is 0 Å². The maximum absolute atomic E-state index is 10.1. The van der Waals surface area contributed by atoms with E-state index in [1.165, 1.54) is 12.8 Å². The largest absolute Gasteiger partial charge is 0.399 e. The van der Waals surface area contributed by atoms with E-state index in [9.17, 15) is 5.11 Å². The zero-order valence-corrected chi connectivity index (χ0v) is 8.52. The fourth-order valence-corrected chi connectivity index (χ4v) is 3.87. The lowest BCUT2D eigenvalue weighted by Gasteiger charge is -2.52. The second kappa shape index (κ2) is 2.96. The van der Waals surface area contributed by atoms with Gasteiger partial charge in [0.05, 0.1) is 11.8 Å². The van der Waals surface area contributed by atoms with Crippen molar-refractivity contribution in [3.63, 3.8) is 0 Å². The van der Waals surface area contributed by atoms with Crippen molar-refractivity contribution in [3.05, 3.63) is 0 Å². The average molecular weight is 195 g/mol. The Morgan fingerprint density at radius 2 is 2.14 bits per heavy atom. The molecular weight excluding hydrogens is 178 g/mol. The van der Waals surface area contributed by atoms with Crippen LogP contribution in [0.15, 0.2) is 5.16 Å². The molecule has 0 aliphatic heterocycles. The van der Waals surface area contributed by atoms with Crippen molar-refractivity contribution in [1.29, 1.82) is 0 Å². The molecule has 4 aliphatic rings. The average Bonchev–Trinajstić information content (AvgIpc) is 2.18. The van der Waals surface area contributed by atoms with E-state index < -0.39 is 0 Å². The maximum Gasteiger partial charge on any atom is 0.106 e. The minimum Gasteiger partial charge on any atom is -0.399 e. The quantitative estimate of drug-likeness (QED) is 0.643. The summed E-state index contributed by atoms with van der Waals surface area (Å²) >= 11 is 0. The Balaban J connectivity index is 1.93. The summed E-state index contributed by atoms with van der Waals surface area (Å²) < 4.78 is 0. The highest BCUT2D eigenvalue weighted by atomic mass is 16.6. The number of aliphatic hydroxyl groups is 1. The van der Waals surface area contributed by atoms with E-state index in [-0.39, 0.29) is 6.10 Å². The summed E-state index contributed by atoms with van der Waals surface area (Å²) in [7, 11) is 1.60. The first-order chi connectivity index (χ1) is 6.79. The third kappa shape index (κ3) is 1.05. The molecule has 0 saturated heterocycles. The van der Waals surface area contributed by atoms with E-state index in [1.807, 2.05) is 0 Å². The topological polar surface area (TPSA) is 41.8 Å². The van der Waals surface area contributed by atoms with E-state index in [4.69, 9.17) is 4.84 Å². The predicted molar refractivity (Wildman–Crippen MR) is 52.9 cm³/mol. The Bertz CT molecular complexity index is 276. The predicted octanol–water partition coefficient (Wildman–Crippen LogP) is 1.42. The lowest BCUT2D eigenvalue weighted by atomic mass is 9.54. The van der Waals surface area contributed by atoms with Crippen LogP contribution < -0.4 is 0 Å². The molecule has 4 unspecified atom stereocenters. The highest BCUT2D eigenvalue weighted by Gasteiger charge is 2.51. The monoisotopic (exact) mass is 195 g/mol. The Kier molecular flexibility index (Phi) is 1.84. The van der Waals surface area contributed by atoms with Crippen LogP contribution in [0.5, 0.6) is 0 Å². The van der Waals surface area contributed by atoms with Crippen LogP contribution in [0.3, 0.4) is 0 Å². The molecule has 0 amide bonds. The Morgan fingerprint density at radius 3 is 2.93 bits per heavy atom. The molecule has 0 radical (unpaired) electrons. The van der Waals surface area contributed by atoms with Crippen LogP contribution in [-0.2, 0) is 4.84 Å². The molecule has 0 spiro atoms. The van der Waals surface area contributed by atoms with E-state index >= 15 is 0 Å². The standard InChI is InChI=1S/C11H17NO2/c1-14-12-10-7-2-6-3-8(5-7)11(13)9(10)4-6/h6-9,11,13H,2-5H2,1H3/b12-10-/t6?,7?,8?,9?,11-/m1/s1. The van der Waals surface area contributed by atoms with E-state index in [0.717, 1.165) is 24.5 Å². The Morgan fingerprint density at radius 1 is 1.29 bits per heavy atom. The molecule has 1 N–H and O–H groups in total. The molecule has 3 heteroatoms. The van der Waals surface area contributed by atoms with Crippen molar-refractivity contribution >= 4 is 5.71 Å². The molecule has 0 heterocycles. The molecule has 0 aromatic heterocycles. The minimum absolute atomic E-state index is 0.142. The Labute approximate surface area is 84.1 Å². The minimum atomic E-state index is -0.142. The number of rotatable bonds is 1. The first-order valence-electron chi connectivity index (χ1n) is 5.58. The number of oxime groups is 1. The fraction of sp³-hybridized carbons (Fsp3) is 0.909. The van der Waals surface area contributed by atoms with E-state index in [0.29, 0.717) is 17.8 Å². The van der Waals surface area contributed by atoms with Crippen LogP contribution in [0, 0.1) is 23.7 Å². The van der Waals surface area contributed by atoms with E-state index in [2.05, 4.69) is 5.16 Å². The molecule has 3 nitrogen and oxygen atoms in total. The van der Waals surface area contributed by atoms with Gasteiger partial charge in [0.15, 0.2) is 0 Å². The van der Waals surface area contributed by atoms with Crippen LogP contribution in [0.4, 0.5) is 0 Å². The van der Waals surface area contributed by atoms with E-state index in [1.54, 1.807) is 7.11 Å². The SMILES string of the molecule is CO/N=C1/C2CC3CC(C2)[C@@H](O)C1C3. The van der Waals surface area contributed by atoms with Crippen molar-refractivity contribution in [2.24, 2.45) is 28.8 Å². The van der Waals surface area contributed by atoms with Gasteiger partial charge in [-0.2, -0.15) is 0 Å². The van der Waals surface area contributed by atoms with Gasteiger partial charge in [-0.3, -0.25) is 0 Å². The molecule has 4 rings (SSSR count). The van der Waals surface area contributed by atoms with Gasteiger partial charge in [0.25, 0.3) is 0 Å². The highest BCUT2D eigenvalue weighted by Crippen LogP contribution is 2.52. The van der Waals surface area contributed by atoms with Gasteiger partial charge in [0.2, 0.25) is 0 Å². The van der Waals surface area contributed by atoms with Crippen molar-refractivity contribution < 1.29 is 9.94 Å². The summed E-state index contributed by atoms with van der Waals surface area (Å²) in [6, 6.07) is 0. The second-order valence-corrected chi connectivity index (χ2v) is 5.06. The Hall–Kier alpha value is -0.570. The van der Waals surface area contributed by atoms with Crippen molar-refractivity contribution in [2.45, 2.75) is 31.8 Å². The normalized spacial score (nSPS) is 52.7. The maximum atomic E-state index is 10.1. The molecule has 5 atom stereocenters. The summed E-state index contributed by atoms with van der Waals surface area (Å²) in [6.07, 6.45) is 4.65. The summed E-state index contributed by atoms with van der Waals surface area (Å²) in [4.78, 5) is 4.89. The first-order valence-corrected chi connectivity index (χ1v) is 5.58. The van der Waals surface area contributed by atoms with Crippen molar-refractivity contribution in [2.75, 3.05) is 7.11 Å². The molecule has 0 aromatic rings. The zero-order chi connectivity index (χ0) is 9.71. The van der Waals surface area contributed by atoms with Gasteiger partial charge >= 0.3 is 0 Å². The summed E-state index contributed by atoms with van der Waals surface area (Å²) in [5.41, 5.74) is 1.15. The number of hydrogen-bond acceptors (Lipinski definition) is 3. The van der Waals surface area contributed by atoms with Crippen molar-refractivity contribution in [3.8, 4) is 0 Å². The number of nitrogens with zero attached hydrogens (tertiary/aromatic N) is 1. The fourth-order valence-electron chi connectivity index (χ4n) is 3.87. The zero-order valence-electron chi connectivity index (χ0n) is 8.52. The third-order valence-electron chi connectivity index (χ3n) is 4.32. The molecule has 4 aliphatic carbocycles. The van der Waals surface area contributed by atoms with Gasteiger partial charge in [0, 0.05) is 11.8 Å². The van der Waals surface area contributed by atoms with Gasteiger partial charge in [-0.05, 0) is 37.5 Å². The number of hydrogen-bond donors (Lipinski definition) is 1. The van der Waals surface area contributed by atoms with Gasteiger partial charge in [-0.1, -0.05) is 5.16 Å². The summed E-state index contributed by atoms with van der Waals surface area (Å²) in [5, 5.41) is 14.2. The second-order valence-electron chi connectivity index (χ2n) is 5.06. The molecular formula is C11H17NO2. The number of aliphatic hydroxyl groups excluding tert-OH is 1. The van der Waals surface area contributed by atoms with Crippen LogP contribution in [0.2, 0.25) is 0 Å². The first kappa shape index (κ1) is 8.72. The molecule has 4 fully saturated rings. The van der Waals surface area contributed by atoms with Gasteiger partial charge in [-0.15, -0.1) is 0 Å². The smallest absolute Gasteiger partial charge is 0.106 e. The van der Waals surface area contributed by atoms with Gasteiger partial charge in [0.1, 0.15) is 7.11 Å². The van der Waals surface area contributed by atoms with Gasteiger partial charge in [-0.25, -0.2) is 0 Å². The van der Waals surface area contributed by atoms with Crippen LogP contribution in [0.25, 0.3) is 0 Å². The summed E-state index contributed by atoms with van der Waals surface area (Å²) in [5.74, 6) is 2.32. The molecule has 78 valence electrons. The molecule has 0 aromatic carbocycles.